The second-order valence-corrected chi connectivity index (χ2v) is 5.91. The predicted molar refractivity (Wildman–Crippen MR) is 88.6 cm³/mol. The summed E-state index contributed by atoms with van der Waals surface area (Å²) >= 11 is 3.49. The molecule has 4 nitrogen and oxygen atoms in total. The lowest BCUT2D eigenvalue weighted by atomic mass is 10.0. The summed E-state index contributed by atoms with van der Waals surface area (Å²) in [5.41, 5.74) is 1.19. The van der Waals surface area contributed by atoms with Gasteiger partial charge in [-0.25, -0.2) is 4.98 Å². The van der Waals surface area contributed by atoms with Crippen LogP contribution >= 0.6 is 15.9 Å². The van der Waals surface area contributed by atoms with E-state index in [1.807, 2.05) is 25.5 Å². The normalized spacial score (nSPS) is 12.4. The minimum Gasteiger partial charge on any atom is -0.496 e. The molecular weight excluding hydrogens is 330 g/mol. The van der Waals surface area contributed by atoms with Crippen LogP contribution in [0.2, 0.25) is 0 Å². The lowest BCUT2D eigenvalue weighted by Gasteiger charge is -2.21. The largest absolute Gasteiger partial charge is 0.496 e. The number of benzene rings is 1. The molecule has 0 aliphatic heterocycles. The monoisotopic (exact) mass is 351 g/mol. The maximum atomic E-state index is 5.52. The first-order valence-corrected chi connectivity index (χ1v) is 7.98. The first-order chi connectivity index (χ1) is 10.2. The molecule has 1 N–H and O–H groups in total. The molecule has 0 bridgehead atoms. The summed E-state index contributed by atoms with van der Waals surface area (Å²) in [7, 11) is 3.75. The van der Waals surface area contributed by atoms with Crippen molar-refractivity contribution in [2.24, 2.45) is 7.05 Å². The van der Waals surface area contributed by atoms with Crippen LogP contribution in [0.3, 0.4) is 0 Å². The zero-order valence-electron chi connectivity index (χ0n) is 12.8. The van der Waals surface area contributed by atoms with Crippen LogP contribution in [0, 0.1) is 0 Å². The Kier molecular flexibility index (Phi) is 5.82. The van der Waals surface area contributed by atoms with Crippen molar-refractivity contribution in [3.05, 3.63) is 46.5 Å². The molecule has 21 heavy (non-hydrogen) atoms. The fraction of sp³-hybridized carbons (Fsp3) is 0.438. The Morgan fingerprint density at radius 2 is 2.24 bits per heavy atom. The topological polar surface area (TPSA) is 39.1 Å². The van der Waals surface area contributed by atoms with Gasteiger partial charge in [0.2, 0.25) is 0 Å². The van der Waals surface area contributed by atoms with E-state index in [1.54, 1.807) is 7.11 Å². The van der Waals surface area contributed by atoms with Gasteiger partial charge in [-0.3, -0.25) is 0 Å². The summed E-state index contributed by atoms with van der Waals surface area (Å²) in [4.78, 5) is 4.39. The summed E-state index contributed by atoms with van der Waals surface area (Å²) < 4.78 is 8.62. The molecule has 0 spiro atoms. The number of ether oxygens (including phenoxy) is 1. The van der Waals surface area contributed by atoms with E-state index in [1.165, 1.54) is 5.56 Å². The Labute approximate surface area is 134 Å². The molecule has 5 heteroatoms. The number of halogens is 1. The molecule has 0 saturated carbocycles. The average molecular weight is 352 g/mol. The molecule has 0 radical (unpaired) electrons. The van der Waals surface area contributed by atoms with E-state index in [-0.39, 0.29) is 6.04 Å². The fourth-order valence-electron chi connectivity index (χ4n) is 2.50. The van der Waals surface area contributed by atoms with Gasteiger partial charge in [-0.2, -0.15) is 0 Å². The molecule has 114 valence electrons. The number of nitrogens with one attached hydrogen (secondary N) is 1. The smallest absolute Gasteiger partial charge is 0.124 e. The standard InChI is InChI=1S/C16H22BrN3O/c1-4-18-14(7-8-16-19-9-10-20(16)2)13-6-5-12(17)11-15(13)21-3/h5-6,9-11,14,18H,4,7-8H2,1-3H3. The van der Waals surface area contributed by atoms with E-state index >= 15 is 0 Å². The van der Waals surface area contributed by atoms with Crippen molar-refractivity contribution in [3.63, 3.8) is 0 Å². The molecule has 1 heterocycles. The first-order valence-electron chi connectivity index (χ1n) is 7.18. The van der Waals surface area contributed by atoms with Crippen LogP contribution in [0.15, 0.2) is 35.1 Å². The summed E-state index contributed by atoms with van der Waals surface area (Å²) in [5.74, 6) is 2.02. The third kappa shape index (κ3) is 4.08. The van der Waals surface area contributed by atoms with Crippen molar-refractivity contribution in [2.75, 3.05) is 13.7 Å². The quantitative estimate of drug-likeness (QED) is 0.829. The molecule has 2 rings (SSSR count). The predicted octanol–water partition coefficient (Wildman–Crippen LogP) is 3.47. The highest BCUT2D eigenvalue weighted by Gasteiger charge is 2.16. The highest BCUT2D eigenvalue weighted by Crippen LogP contribution is 2.30. The van der Waals surface area contributed by atoms with E-state index in [2.05, 4.69) is 49.9 Å². The lowest BCUT2D eigenvalue weighted by molar-refractivity contribution is 0.395. The van der Waals surface area contributed by atoms with E-state index in [0.717, 1.165) is 35.4 Å². The van der Waals surface area contributed by atoms with Crippen molar-refractivity contribution < 1.29 is 4.74 Å². The molecule has 0 amide bonds. The SMILES string of the molecule is CCNC(CCc1nccn1C)c1ccc(Br)cc1OC. The van der Waals surface area contributed by atoms with Gasteiger partial charge in [-0.05, 0) is 25.1 Å². The van der Waals surface area contributed by atoms with Gasteiger partial charge >= 0.3 is 0 Å². The number of aryl methyl sites for hydroxylation is 2. The Morgan fingerprint density at radius 3 is 2.86 bits per heavy atom. The minimum absolute atomic E-state index is 0.259. The molecule has 2 aromatic rings. The van der Waals surface area contributed by atoms with Crippen molar-refractivity contribution in [1.82, 2.24) is 14.9 Å². The van der Waals surface area contributed by atoms with Gasteiger partial charge in [0.1, 0.15) is 11.6 Å². The number of nitrogens with zero attached hydrogens (tertiary/aromatic N) is 2. The number of rotatable bonds is 7. The van der Waals surface area contributed by atoms with Crippen LogP contribution in [-0.2, 0) is 13.5 Å². The fourth-order valence-corrected chi connectivity index (χ4v) is 2.84. The van der Waals surface area contributed by atoms with Gasteiger partial charge in [-0.1, -0.05) is 28.9 Å². The molecule has 1 unspecified atom stereocenters. The zero-order chi connectivity index (χ0) is 15.2. The van der Waals surface area contributed by atoms with Gasteiger partial charge in [0.15, 0.2) is 0 Å². The van der Waals surface area contributed by atoms with Crippen LogP contribution in [0.4, 0.5) is 0 Å². The summed E-state index contributed by atoms with van der Waals surface area (Å²) in [5, 5.41) is 3.54. The lowest BCUT2D eigenvalue weighted by Crippen LogP contribution is -2.22. The number of hydrogen-bond donors (Lipinski definition) is 1. The van der Waals surface area contributed by atoms with Crippen LogP contribution < -0.4 is 10.1 Å². The Morgan fingerprint density at radius 1 is 1.43 bits per heavy atom. The third-order valence-corrected chi connectivity index (χ3v) is 4.09. The van der Waals surface area contributed by atoms with Crippen molar-refractivity contribution in [3.8, 4) is 5.75 Å². The van der Waals surface area contributed by atoms with Crippen molar-refractivity contribution in [2.45, 2.75) is 25.8 Å². The Balaban J connectivity index is 2.16. The van der Waals surface area contributed by atoms with Gasteiger partial charge in [-0.15, -0.1) is 0 Å². The van der Waals surface area contributed by atoms with Crippen LogP contribution in [0.5, 0.6) is 5.75 Å². The van der Waals surface area contributed by atoms with E-state index < -0.39 is 0 Å². The maximum Gasteiger partial charge on any atom is 0.124 e. The number of hydrogen-bond acceptors (Lipinski definition) is 3. The molecule has 0 aliphatic carbocycles. The summed E-state index contributed by atoms with van der Waals surface area (Å²) in [6, 6.07) is 6.45. The van der Waals surface area contributed by atoms with Crippen LogP contribution in [-0.4, -0.2) is 23.2 Å². The number of aromatic nitrogens is 2. The van der Waals surface area contributed by atoms with E-state index in [4.69, 9.17) is 4.74 Å². The van der Waals surface area contributed by atoms with Crippen molar-refractivity contribution in [1.29, 1.82) is 0 Å². The molecule has 0 aliphatic rings. The van der Waals surface area contributed by atoms with E-state index in [0.29, 0.717) is 0 Å². The molecule has 0 fully saturated rings. The third-order valence-electron chi connectivity index (χ3n) is 3.60. The maximum absolute atomic E-state index is 5.52. The Hall–Kier alpha value is -1.33. The van der Waals surface area contributed by atoms with Gasteiger partial charge in [0.05, 0.1) is 7.11 Å². The van der Waals surface area contributed by atoms with Crippen LogP contribution in [0.1, 0.15) is 30.8 Å². The second kappa shape index (κ2) is 7.61. The average Bonchev–Trinajstić information content (AvgIpc) is 2.89. The summed E-state index contributed by atoms with van der Waals surface area (Å²) in [6.07, 6.45) is 5.74. The van der Waals surface area contributed by atoms with Gasteiger partial charge < -0.3 is 14.6 Å². The molecule has 0 saturated heterocycles. The molecular formula is C16H22BrN3O. The Bertz CT molecular complexity index is 583. The van der Waals surface area contributed by atoms with Crippen molar-refractivity contribution >= 4 is 15.9 Å². The van der Waals surface area contributed by atoms with Gasteiger partial charge in [0.25, 0.3) is 0 Å². The van der Waals surface area contributed by atoms with E-state index in [9.17, 15) is 0 Å². The molecule has 1 atom stereocenters. The highest BCUT2D eigenvalue weighted by molar-refractivity contribution is 9.10. The highest BCUT2D eigenvalue weighted by atomic mass is 79.9. The number of imidazole rings is 1. The minimum atomic E-state index is 0.259. The summed E-state index contributed by atoms with van der Waals surface area (Å²) in [6.45, 7) is 3.05. The van der Waals surface area contributed by atoms with Crippen LogP contribution in [0.25, 0.3) is 0 Å². The molecule has 1 aromatic carbocycles. The molecule has 1 aromatic heterocycles. The second-order valence-electron chi connectivity index (χ2n) is 4.99. The zero-order valence-corrected chi connectivity index (χ0v) is 14.4. The number of methoxy groups -OCH3 is 1. The van der Waals surface area contributed by atoms with Gasteiger partial charge in [0, 0.05) is 41.9 Å². The first kappa shape index (κ1) is 16.0.